The predicted molar refractivity (Wildman–Crippen MR) is 70.8 cm³/mol. The molecule has 3 aromatic heterocycles. The molecule has 0 saturated carbocycles. The van der Waals surface area contributed by atoms with Crippen molar-refractivity contribution in [3.05, 3.63) is 60.2 Å². The quantitative estimate of drug-likeness (QED) is 0.641. The van der Waals surface area contributed by atoms with E-state index in [4.69, 9.17) is 0 Å². The summed E-state index contributed by atoms with van der Waals surface area (Å²) in [7, 11) is 0. The molecule has 18 heavy (non-hydrogen) atoms. The van der Waals surface area contributed by atoms with Crippen LogP contribution in [-0.2, 0) is 0 Å². The molecule has 0 bridgehead atoms. The summed E-state index contributed by atoms with van der Waals surface area (Å²) < 4.78 is 1.91. The van der Waals surface area contributed by atoms with E-state index in [1.165, 1.54) is 5.56 Å². The molecule has 3 heteroatoms. The molecular formula is C15H12N2O. The highest BCUT2D eigenvalue weighted by atomic mass is 16.1. The van der Waals surface area contributed by atoms with E-state index in [0.717, 1.165) is 22.9 Å². The van der Waals surface area contributed by atoms with E-state index in [1.807, 2.05) is 41.8 Å². The first-order chi connectivity index (χ1) is 8.79. The van der Waals surface area contributed by atoms with Gasteiger partial charge in [0.15, 0.2) is 6.29 Å². The molecule has 0 unspecified atom stereocenters. The number of rotatable bonds is 2. The maximum Gasteiger partial charge on any atom is 0.167 e. The normalized spacial score (nSPS) is 10.7. The van der Waals surface area contributed by atoms with Crippen LogP contribution in [0.2, 0.25) is 0 Å². The number of pyridine rings is 2. The van der Waals surface area contributed by atoms with Gasteiger partial charge in [-0.05, 0) is 36.8 Å². The van der Waals surface area contributed by atoms with E-state index in [1.54, 1.807) is 12.4 Å². The zero-order chi connectivity index (χ0) is 12.5. The summed E-state index contributed by atoms with van der Waals surface area (Å²) in [5.74, 6) is 0. The third-order valence-corrected chi connectivity index (χ3v) is 3.05. The van der Waals surface area contributed by atoms with Crippen molar-refractivity contribution in [2.24, 2.45) is 0 Å². The molecule has 0 aliphatic heterocycles. The van der Waals surface area contributed by atoms with E-state index in [-0.39, 0.29) is 0 Å². The number of hydrogen-bond acceptors (Lipinski definition) is 2. The minimum atomic E-state index is 0.665. The Bertz CT molecular complexity index is 714. The van der Waals surface area contributed by atoms with Gasteiger partial charge in [-0.1, -0.05) is 6.07 Å². The Labute approximate surface area is 105 Å². The zero-order valence-electron chi connectivity index (χ0n) is 10.00. The smallest absolute Gasteiger partial charge is 0.167 e. The van der Waals surface area contributed by atoms with Crippen molar-refractivity contribution >= 4 is 11.8 Å². The molecule has 3 aromatic rings. The van der Waals surface area contributed by atoms with Crippen molar-refractivity contribution in [2.45, 2.75) is 6.92 Å². The molecule has 0 N–H and O–H groups in total. The van der Waals surface area contributed by atoms with Crippen LogP contribution in [0.25, 0.3) is 16.6 Å². The fourth-order valence-corrected chi connectivity index (χ4v) is 2.18. The summed E-state index contributed by atoms with van der Waals surface area (Å²) in [6, 6.07) is 9.91. The standard InChI is InChI=1S/C15H12N2O/c1-11-4-6-17-13(7-11)8-14(15(17)10-18)12-3-2-5-16-9-12/h2-10H,1H3. The maximum atomic E-state index is 11.3. The SMILES string of the molecule is Cc1ccn2c(C=O)c(-c3cccnc3)cc2c1. The van der Waals surface area contributed by atoms with Crippen LogP contribution in [0.4, 0.5) is 0 Å². The minimum absolute atomic E-state index is 0.665. The molecule has 3 rings (SSSR count). The molecule has 0 atom stereocenters. The van der Waals surface area contributed by atoms with Crippen molar-refractivity contribution in [1.29, 1.82) is 0 Å². The number of aryl methyl sites for hydroxylation is 1. The van der Waals surface area contributed by atoms with Gasteiger partial charge in [-0.2, -0.15) is 0 Å². The van der Waals surface area contributed by atoms with E-state index in [0.29, 0.717) is 5.69 Å². The molecule has 0 radical (unpaired) electrons. The van der Waals surface area contributed by atoms with Gasteiger partial charge in [0.2, 0.25) is 0 Å². The largest absolute Gasteiger partial charge is 0.314 e. The van der Waals surface area contributed by atoms with Crippen LogP contribution in [0.5, 0.6) is 0 Å². The van der Waals surface area contributed by atoms with Crippen LogP contribution in [0.15, 0.2) is 48.9 Å². The lowest BCUT2D eigenvalue weighted by molar-refractivity contribution is 0.111. The molecule has 0 saturated heterocycles. The van der Waals surface area contributed by atoms with Gasteiger partial charge in [-0.25, -0.2) is 0 Å². The van der Waals surface area contributed by atoms with Gasteiger partial charge < -0.3 is 4.40 Å². The van der Waals surface area contributed by atoms with E-state index in [2.05, 4.69) is 11.1 Å². The van der Waals surface area contributed by atoms with Gasteiger partial charge in [0.05, 0.1) is 5.69 Å². The van der Waals surface area contributed by atoms with Crippen molar-refractivity contribution in [3.63, 3.8) is 0 Å². The molecule has 3 nitrogen and oxygen atoms in total. The summed E-state index contributed by atoms with van der Waals surface area (Å²) in [4.78, 5) is 15.4. The van der Waals surface area contributed by atoms with Crippen molar-refractivity contribution in [1.82, 2.24) is 9.38 Å². The van der Waals surface area contributed by atoms with Crippen molar-refractivity contribution in [3.8, 4) is 11.1 Å². The average molecular weight is 236 g/mol. The van der Waals surface area contributed by atoms with Crippen LogP contribution in [0.3, 0.4) is 0 Å². The summed E-state index contributed by atoms with van der Waals surface area (Å²) in [5, 5.41) is 0. The lowest BCUT2D eigenvalue weighted by Gasteiger charge is -2.00. The monoisotopic (exact) mass is 236 g/mol. The van der Waals surface area contributed by atoms with Crippen LogP contribution < -0.4 is 0 Å². The number of hydrogen-bond donors (Lipinski definition) is 0. The molecule has 0 aliphatic rings. The first kappa shape index (κ1) is 10.7. The Hall–Kier alpha value is -2.42. The van der Waals surface area contributed by atoms with Crippen molar-refractivity contribution in [2.75, 3.05) is 0 Å². The zero-order valence-corrected chi connectivity index (χ0v) is 10.00. The highest BCUT2D eigenvalue weighted by Crippen LogP contribution is 2.26. The number of aldehydes is 1. The number of carbonyl (C=O) groups is 1. The molecule has 0 aromatic carbocycles. The van der Waals surface area contributed by atoms with Gasteiger partial charge in [0.1, 0.15) is 0 Å². The second-order valence-electron chi connectivity index (χ2n) is 4.30. The first-order valence-corrected chi connectivity index (χ1v) is 5.77. The summed E-state index contributed by atoms with van der Waals surface area (Å²) >= 11 is 0. The van der Waals surface area contributed by atoms with Gasteiger partial charge in [0, 0.05) is 35.2 Å². The molecular weight excluding hydrogens is 224 g/mol. The predicted octanol–water partition coefficient (Wildman–Crippen LogP) is 3.12. The van der Waals surface area contributed by atoms with Crippen molar-refractivity contribution < 1.29 is 4.79 Å². The molecule has 0 aliphatic carbocycles. The average Bonchev–Trinajstić information content (AvgIpc) is 2.77. The first-order valence-electron chi connectivity index (χ1n) is 5.77. The highest BCUT2D eigenvalue weighted by molar-refractivity contribution is 5.89. The Morgan fingerprint density at radius 3 is 2.89 bits per heavy atom. The highest BCUT2D eigenvalue weighted by Gasteiger charge is 2.11. The van der Waals surface area contributed by atoms with Crippen LogP contribution in [0, 0.1) is 6.92 Å². The summed E-state index contributed by atoms with van der Waals surface area (Å²) in [6.45, 7) is 2.04. The molecule has 0 fully saturated rings. The Balaban J connectivity index is 2.33. The number of nitrogens with zero attached hydrogens (tertiary/aromatic N) is 2. The maximum absolute atomic E-state index is 11.3. The Morgan fingerprint density at radius 2 is 2.17 bits per heavy atom. The van der Waals surface area contributed by atoms with Gasteiger partial charge in [0.25, 0.3) is 0 Å². The fraction of sp³-hybridized carbons (Fsp3) is 0.0667. The van der Waals surface area contributed by atoms with E-state index < -0.39 is 0 Å². The lowest BCUT2D eigenvalue weighted by Crippen LogP contribution is -1.92. The second-order valence-corrected chi connectivity index (χ2v) is 4.30. The molecule has 88 valence electrons. The topological polar surface area (TPSA) is 34.4 Å². The van der Waals surface area contributed by atoms with Gasteiger partial charge in [-0.3, -0.25) is 9.78 Å². The third-order valence-electron chi connectivity index (χ3n) is 3.05. The van der Waals surface area contributed by atoms with Crippen LogP contribution >= 0.6 is 0 Å². The number of carbonyl (C=O) groups excluding carboxylic acids is 1. The minimum Gasteiger partial charge on any atom is -0.314 e. The number of fused-ring (bicyclic) bond motifs is 1. The van der Waals surface area contributed by atoms with Gasteiger partial charge in [-0.15, -0.1) is 0 Å². The second kappa shape index (κ2) is 4.11. The Morgan fingerprint density at radius 1 is 1.28 bits per heavy atom. The van der Waals surface area contributed by atoms with Crippen LogP contribution in [0.1, 0.15) is 16.1 Å². The summed E-state index contributed by atoms with van der Waals surface area (Å²) in [5.41, 5.74) is 4.74. The van der Waals surface area contributed by atoms with Gasteiger partial charge >= 0.3 is 0 Å². The fourth-order valence-electron chi connectivity index (χ4n) is 2.18. The van der Waals surface area contributed by atoms with Crippen LogP contribution in [-0.4, -0.2) is 15.7 Å². The molecule has 0 spiro atoms. The van der Waals surface area contributed by atoms with E-state index >= 15 is 0 Å². The number of aromatic nitrogens is 2. The lowest BCUT2D eigenvalue weighted by atomic mass is 10.1. The third kappa shape index (κ3) is 1.61. The Kier molecular flexibility index (Phi) is 2.45. The van der Waals surface area contributed by atoms with E-state index in [9.17, 15) is 4.79 Å². The molecule has 0 amide bonds. The molecule has 3 heterocycles. The summed E-state index contributed by atoms with van der Waals surface area (Å²) in [6.07, 6.45) is 6.32.